The number of aliphatic imine (C=N–C) groups is 1. The van der Waals surface area contributed by atoms with E-state index in [1.165, 1.54) is 0 Å². The highest BCUT2D eigenvalue weighted by molar-refractivity contribution is 5.96. The van der Waals surface area contributed by atoms with E-state index in [1.807, 2.05) is 24.3 Å². The number of piperidine rings is 1. The largest absolute Gasteiger partial charge is 0.481 e. The summed E-state index contributed by atoms with van der Waals surface area (Å²) in [5.41, 5.74) is 12.4. The monoisotopic (exact) mass is 736 g/mol. The van der Waals surface area contributed by atoms with Crippen LogP contribution < -0.4 is 32.7 Å². The van der Waals surface area contributed by atoms with Crippen LogP contribution in [0.25, 0.3) is 10.9 Å². The lowest BCUT2D eigenvalue weighted by atomic mass is 9.94. The van der Waals surface area contributed by atoms with Crippen molar-refractivity contribution in [3.63, 3.8) is 0 Å². The van der Waals surface area contributed by atoms with Gasteiger partial charge in [-0.25, -0.2) is 0 Å². The number of para-hydroxylation sites is 1. The molecule has 4 saturated heterocycles. The van der Waals surface area contributed by atoms with Crippen LogP contribution in [0.2, 0.25) is 0 Å². The summed E-state index contributed by atoms with van der Waals surface area (Å²) in [6, 6.07) is 2.87. The van der Waals surface area contributed by atoms with Gasteiger partial charge in [-0.3, -0.25) is 38.6 Å². The Bertz CT molecular complexity index is 1730. The van der Waals surface area contributed by atoms with Crippen LogP contribution in [0.15, 0.2) is 35.5 Å². The van der Waals surface area contributed by atoms with Crippen LogP contribution in [0.3, 0.4) is 0 Å². The minimum Gasteiger partial charge on any atom is -0.481 e. The Kier molecular flexibility index (Phi) is 12.9. The van der Waals surface area contributed by atoms with Gasteiger partial charge < -0.3 is 52.6 Å². The average molecular weight is 737 g/mol. The third-order valence-electron chi connectivity index (χ3n) is 10.0. The van der Waals surface area contributed by atoms with E-state index in [0.717, 1.165) is 10.9 Å². The van der Waals surface area contributed by atoms with E-state index < -0.39 is 78.6 Å². The van der Waals surface area contributed by atoms with Gasteiger partial charge in [-0.05, 0) is 56.6 Å². The molecule has 6 rings (SSSR count). The molecule has 0 spiro atoms. The van der Waals surface area contributed by atoms with Crippen LogP contribution in [0.4, 0.5) is 0 Å². The van der Waals surface area contributed by atoms with Gasteiger partial charge in [-0.15, -0.1) is 0 Å². The summed E-state index contributed by atoms with van der Waals surface area (Å²) >= 11 is 0. The summed E-state index contributed by atoms with van der Waals surface area (Å²) in [6.45, 7) is 0.559. The van der Waals surface area contributed by atoms with Crippen molar-refractivity contribution in [2.75, 3.05) is 32.7 Å². The number of guanidine groups is 1. The molecule has 2 bridgehead atoms. The summed E-state index contributed by atoms with van der Waals surface area (Å²) < 4.78 is 0. The van der Waals surface area contributed by atoms with E-state index in [4.69, 9.17) is 11.5 Å². The molecule has 4 aliphatic rings. The molecule has 4 aliphatic heterocycles. The van der Waals surface area contributed by atoms with Crippen LogP contribution in [0, 0.1) is 5.92 Å². The number of rotatable bonds is 9. The number of carbonyl (C=O) groups is 7. The lowest BCUT2D eigenvalue weighted by molar-refractivity contribution is -0.145. The smallest absolute Gasteiger partial charge is 0.303 e. The van der Waals surface area contributed by atoms with Gasteiger partial charge in [0.15, 0.2) is 5.96 Å². The maximum Gasteiger partial charge on any atom is 0.303 e. The number of nitrogens with two attached hydrogens (primary N) is 2. The number of benzene rings is 1. The van der Waals surface area contributed by atoms with E-state index in [0.29, 0.717) is 44.2 Å². The molecular weight excluding hydrogens is 688 g/mol. The number of nitrogens with one attached hydrogen (secondary N) is 5. The van der Waals surface area contributed by atoms with Crippen molar-refractivity contribution < 1.29 is 38.7 Å². The molecule has 6 amide bonds. The molecule has 0 unspecified atom stereocenters. The maximum atomic E-state index is 14.0. The van der Waals surface area contributed by atoms with Crippen molar-refractivity contribution in [3.8, 4) is 0 Å². The number of aliphatic carboxylic acids is 1. The fourth-order valence-electron chi connectivity index (χ4n) is 7.21. The van der Waals surface area contributed by atoms with Crippen molar-refractivity contribution in [1.29, 1.82) is 0 Å². The first-order valence-corrected chi connectivity index (χ1v) is 18.0. The molecule has 1 aromatic carbocycles. The first-order valence-electron chi connectivity index (χ1n) is 18.0. The van der Waals surface area contributed by atoms with Crippen LogP contribution >= 0.6 is 0 Å². The lowest BCUT2D eigenvalue weighted by Gasteiger charge is -2.36. The summed E-state index contributed by atoms with van der Waals surface area (Å²) in [4.78, 5) is 104. The Hall–Kier alpha value is -5.68. The zero-order valence-corrected chi connectivity index (χ0v) is 29.5. The Morgan fingerprint density at radius 2 is 1.57 bits per heavy atom. The second kappa shape index (κ2) is 17.7. The molecule has 0 aliphatic carbocycles. The van der Waals surface area contributed by atoms with Crippen molar-refractivity contribution in [2.45, 2.75) is 82.0 Å². The van der Waals surface area contributed by atoms with Crippen molar-refractivity contribution >= 4 is 58.3 Å². The third-order valence-corrected chi connectivity index (χ3v) is 10.0. The zero-order chi connectivity index (χ0) is 38.1. The summed E-state index contributed by atoms with van der Waals surface area (Å²) in [5.74, 6) is -5.09. The van der Waals surface area contributed by atoms with Crippen LogP contribution in [-0.2, 0) is 40.0 Å². The van der Waals surface area contributed by atoms with Gasteiger partial charge in [0.05, 0.1) is 6.54 Å². The van der Waals surface area contributed by atoms with Gasteiger partial charge in [0.1, 0.15) is 24.2 Å². The van der Waals surface area contributed by atoms with Crippen LogP contribution in [-0.4, -0.2) is 124 Å². The van der Waals surface area contributed by atoms with Crippen molar-refractivity contribution in [3.05, 3.63) is 36.0 Å². The van der Waals surface area contributed by atoms with E-state index in [2.05, 4.69) is 31.2 Å². The van der Waals surface area contributed by atoms with E-state index in [-0.39, 0.29) is 50.8 Å². The number of carbonyl (C=O) groups excluding carboxylic acids is 6. The third kappa shape index (κ3) is 10.0. The summed E-state index contributed by atoms with van der Waals surface area (Å²) in [6.07, 6.45) is 3.08. The SMILES string of the molecule is NC(N)=NCCC[C@@H]1NC(=O)[C@H](CCC(=O)O)NC(=O)[C@H](Cc2c[nH]c3ccccc23)NC(=O)CNC(=O)[C@@H]2CCCN2C(=O)C2CCN(CC2)C1=O. The van der Waals surface area contributed by atoms with E-state index in [9.17, 15) is 38.7 Å². The number of hydrogen-bond donors (Lipinski definition) is 8. The average Bonchev–Trinajstić information content (AvgIpc) is 3.80. The molecule has 4 fully saturated rings. The molecule has 5 heterocycles. The van der Waals surface area contributed by atoms with E-state index >= 15 is 0 Å². The molecule has 0 radical (unpaired) electrons. The number of fused-ring (bicyclic) bond motifs is 15. The zero-order valence-electron chi connectivity index (χ0n) is 29.5. The molecule has 0 saturated carbocycles. The first-order chi connectivity index (χ1) is 25.4. The number of hydrogen-bond acceptors (Lipinski definition) is 8. The molecule has 1 aromatic heterocycles. The normalized spacial score (nSPS) is 24.9. The summed E-state index contributed by atoms with van der Waals surface area (Å²) in [5, 5.41) is 20.9. The molecule has 286 valence electrons. The van der Waals surface area contributed by atoms with E-state index in [1.54, 1.807) is 16.0 Å². The number of nitrogens with zero attached hydrogens (tertiary/aromatic N) is 3. The Labute approximate surface area is 305 Å². The first kappa shape index (κ1) is 38.5. The van der Waals surface area contributed by atoms with Crippen molar-refractivity contribution in [2.24, 2.45) is 22.4 Å². The van der Waals surface area contributed by atoms with Gasteiger partial charge in [0, 0.05) is 62.0 Å². The number of H-pyrrole nitrogens is 1. The molecule has 18 nitrogen and oxygen atoms in total. The fourth-order valence-corrected chi connectivity index (χ4v) is 7.21. The number of aromatic nitrogens is 1. The van der Waals surface area contributed by atoms with Crippen LogP contribution in [0.5, 0.6) is 0 Å². The number of carboxylic acids is 1. The van der Waals surface area contributed by atoms with Gasteiger partial charge in [-0.2, -0.15) is 0 Å². The molecule has 18 heteroatoms. The minimum atomic E-state index is -1.39. The molecule has 2 aromatic rings. The molecule has 10 N–H and O–H groups in total. The Morgan fingerprint density at radius 1 is 0.849 bits per heavy atom. The Balaban J connectivity index is 1.45. The fraction of sp³-hybridized carbons (Fsp3) is 0.543. The minimum absolute atomic E-state index is 0.0179. The predicted octanol–water partition coefficient (Wildman–Crippen LogP) is -1.56. The molecule has 53 heavy (non-hydrogen) atoms. The number of aromatic amines is 1. The number of carboxylic acid groups (broad SMARTS) is 1. The van der Waals surface area contributed by atoms with Gasteiger partial charge in [0.25, 0.3) is 0 Å². The summed E-state index contributed by atoms with van der Waals surface area (Å²) in [7, 11) is 0. The van der Waals surface area contributed by atoms with Gasteiger partial charge in [0.2, 0.25) is 35.4 Å². The molecule has 4 atom stereocenters. The quantitative estimate of drug-likeness (QED) is 0.0635. The van der Waals surface area contributed by atoms with Gasteiger partial charge in [-0.1, -0.05) is 18.2 Å². The lowest BCUT2D eigenvalue weighted by Crippen LogP contribution is -2.59. The second-order valence-electron chi connectivity index (χ2n) is 13.7. The highest BCUT2D eigenvalue weighted by atomic mass is 16.4. The topological polar surface area (TPSA) is 275 Å². The van der Waals surface area contributed by atoms with Gasteiger partial charge >= 0.3 is 5.97 Å². The Morgan fingerprint density at radius 3 is 2.30 bits per heavy atom. The maximum absolute atomic E-state index is 14.0. The second-order valence-corrected chi connectivity index (χ2v) is 13.7. The van der Waals surface area contributed by atoms with Crippen molar-refractivity contribution in [1.82, 2.24) is 36.1 Å². The highest BCUT2D eigenvalue weighted by Gasteiger charge is 2.40. The highest BCUT2D eigenvalue weighted by Crippen LogP contribution is 2.26. The predicted molar refractivity (Wildman–Crippen MR) is 192 cm³/mol. The van der Waals surface area contributed by atoms with Crippen LogP contribution in [0.1, 0.15) is 56.9 Å². The number of amides is 6. The standard InChI is InChI=1S/C35H48N10O8/c36-35(37)38-13-3-7-25-34(53)44-15-11-20(12-16-44)33(52)45-14-4-8-27(45)32(51)40-19-28(46)41-26(17-21-18-39-23-6-2-1-5-22(21)23)31(50)42-24(30(49)43-25)9-10-29(47)48/h1-2,5-6,18,20,24-27,39H,3-4,7-17,19H2,(H,40,51)(H,41,46)(H,42,50)(H,43,49)(H,47,48)(H4,36,37,38)/t24-,25-,26-,27-/m0/s1. The molecular formula is C35H48N10O8.